The molecule has 1 aliphatic heterocycles. The summed E-state index contributed by atoms with van der Waals surface area (Å²) in [4.78, 5) is 11.1. The molecule has 1 aliphatic rings. The van der Waals surface area contributed by atoms with Crippen LogP contribution < -0.4 is 18.9 Å². The fourth-order valence-corrected chi connectivity index (χ4v) is 4.67. The molecule has 3 aromatic carbocycles. The first-order valence-corrected chi connectivity index (χ1v) is 12.8. The molecule has 6 heteroatoms. The van der Waals surface area contributed by atoms with Crippen molar-refractivity contribution in [3.63, 3.8) is 0 Å². The van der Waals surface area contributed by atoms with Crippen molar-refractivity contribution >= 4 is 17.6 Å². The fraction of sp³-hybridized carbons (Fsp3) is 0.367. The second-order valence-corrected chi connectivity index (χ2v) is 9.99. The van der Waals surface area contributed by atoms with E-state index in [1.807, 2.05) is 13.0 Å². The number of carbonyl (C=O) groups excluding carboxylic acids is 1. The van der Waals surface area contributed by atoms with E-state index in [1.54, 1.807) is 18.2 Å². The maximum atomic E-state index is 11.1. The van der Waals surface area contributed by atoms with E-state index in [0.717, 1.165) is 23.5 Å². The zero-order valence-electron chi connectivity index (χ0n) is 21.3. The number of hydrogen-bond donors (Lipinski definition) is 0. The highest BCUT2D eigenvalue weighted by Gasteiger charge is 2.30. The van der Waals surface area contributed by atoms with Crippen molar-refractivity contribution in [1.82, 2.24) is 0 Å². The molecule has 0 aromatic heterocycles. The summed E-state index contributed by atoms with van der Waals surface area (Å²) in [7, 11) is 0. The van der Waals surface area contributed by atoms with Crippen LogP contribution in [0.25, 0.3) is 0 Å². The Labute approximate surface area is 218 Å². The molecule has 0 spiro atoms. The molecule has 190 valence electrons. The van der Waals surface area contributed by atoms with Crippen LogP contribution in [0.1, 0.15) is 56.7 Å². The van der Waals surface area contributed by atoms with Gasteiger partial charge in [-0.25, -0.2) is 0 Å². The predicted octanol–water partition coefficient (Wildman–Crippen LogP) is 7.22. The van der Waals surface area contributed by atoms with Crippen LogP contribution in [-0.4, -0.2) is 25.3 Å². The van der Waals surface area contributed by atoms with E-state index in [0.29, 0.717) is 42.1 Å². The number of halogens is 1. The Morgan fingerprint density at radius 2 is 1.81 bits per heavy atom. The first kappa shape index (κ1) is 25.9. The Kier molecular flexibility index (Phi) is 8.42. The van der Waals surface area contributed by atoms with Gasteiger partial charge in [-0.05, 0) is 43.0 Å². The summed E-state index contributed by atoms with van der Waals surface area (Å²) in [6, 6.07) is 19.7. The van der Waals surface area contributed by atoms with E-state index in [-0.39, 0.29) is 12.0 Å². The monoisotopic (exact) mass is 508 g/mol. The van der Waals surface area contributed by atoms with Gasteiger partial charge in [-0.3, -0.25) is 4.79 Å². The van der Waals surface area contributed by atoms with E-state index in [1.165, 1.54) is 18.1 Å². The van der Waals surface area contributed by atoms with Gasteiger partial charge < -0.3 is 18.9 Å². The summed E-state index contributed by atoms with van der Waals surface area (Å²) in [6.45, 7) is 8.88. The molecule has 0 saturated carbocycles. The molecular weight excluding hydrogens is 476 g/mol. The Morgan fingerprint density at radius 3 is 2.50 bits per heavy atom. The van der Waals surface area contributed by atoms with Gasteiger partial charge >= 0.3 is 5.97 Å². The van der Waals surface area contributed by atoms with Crippen LogP contribution in [0, 0.1) is 5.92 Å². The van der Waals surface area contributed by atoms with Gasteiger partial charge in [-0.15, -0.1) is 0 Å². The van der Waals surface area contributed by atoms with Gasteiger partial charge in [0.15, 0.2) is 0 Å². The Bertz CT molecular complexity index is 1190. The predicted molar refractivity (Wildman–Crippen MR) is 142 cm³/mol. The van der Waals surface area contributed by atoms with Gasteiger partial charge in [0.25, 0.3) is 0 Å². The average Bonchev–Trinajstić information content (AvgIpc) is 3.26. The first-order chi connectivity index (χ1) is 17.3. The highest BCUT2D eigenvalue weighted by molar-refractivity contribution is 6.32. The lowest BCUT2D eigenvalue weighted by Crippen LogP contribution is -2.17. The number of hydrogen-bond acceptors (Lipinski definition) is 5. The Morgan fingerprint density at radius 1 is 1.06 bits per heavy atom. The lowest BCUT2D eigenvalue weighted by Gasteiger charge is -2.21. The number of carbonyl (C=O) groups is 1. The van der Waals surface area contributed by atoms with Gasteiger partial charge in [-0.2, -0.15) is 0 Å². The number of rotatable bonds is 10. The van der Waals surface area contributed by atoms with Crippen LogP contribution >= 0.6 is 11.6 Å². The molecule has 0 aliphatic carbocycles. The van der Waals surface area contributed by atoms with Crippen LogP contribution in [-0.2, 0) is 11.2 Å². The molecule has 3 aromatic rings. The molecule has 0 amide bonds. The molecule has 0 fully saturated rings. The Hall–Kier alpha value is -3.18. The lowest BCUT2D eigenvalue weighted by molar-refractivity contribution is -0.131. The number of esters is 1. The molecule has 2 unspecified atom stereocenters. The first-order valence-electron chi connectivity index (χ1n) is 12.4. The van der Waals surface area contributed by atoms with E-state index in [4.69, 9.17) is 30.5 Å². The zero-order chi connectivity index (χ0) is 25.7. The summed E-state index contributed by atoms with van der Waals surface area (Å²) in [6.07, 6.45) is 1.49. The maximum absolute atomic E-state index is 11.1. The molecule has 0 bridgehead atoms. The summed E-state index contributed by atoms with van der Waals surface area (Å²) in [5.41, 5.74) is 3.63. The van der Waals surface area contributed by atoms with Crippen molar-refractivity contribution in [2.45, 2.75) is 52.6 Å². The van der Waals surface area contributed by atoms with Crippen molar-refractivity contribution in [2.75, 3.05) is 13.2 Å². The van der Waals surface area contributed by atoms with E-state index >= 15 is 0 Å². The van der Waals surface area contributed by atoms with Gasteiger partial charge in [0.05, 0.1) is 24.3 Å². The fourth-order valence-electron chi connectivity index (χ4n) is 4.44. The Balaban J connectivity index is 1.42. The highest BCUT2D eigenvalue weighted by atomic mass is 35.5. The van der Waals surface area contributed by atoms with Crippen molar-refractivity contribution < 1.29 is 23.7 Å². The maximum Gasteiger partial charge on any atom is 0.308 e. The molecule has 0 radical (unpaired) electrons. The van der Waals surface area contributed by atoms with E-state index in [9.17, 15) is 4.79 Å². The average molecular weight is 509 g/mol. The van der Waals surface area contributed by atoms with Crippen molar-refractivity contribution in [3.05, 3.63) is 82.4 Å². The molecule has 4 rings (SSSR count). The second-order valence-electron chi connectivity index (χ2n) is 9.58. The smallest absolute Gasteiger partial charge is 0.308 e. The molecule has 2 atom stereocenters. The van der Waals surface area contributed by atoms with Gasteiger partial charge in [0.1, 0.15) is 23.0 Å². The minimum Gasteiger partial charge on any atom is -0.492 e. The van der Waals surface area contributed by atoms with E-state index < -0.39 is 5.97 Å². The molecular formula is C30H33ClO5. The zero-order valence-corrected chi connectivity index (χ0v) is 22.0. The minimum atomic E-state index is -0.393. The van der Waals surface area contributed by atoms with Crippen LogP contribution in [0.4, 0.5) is 0 Å². The topological polar surface area (TPSA) is 54.0 Å². The summed E-state index contributed by atoms with van der Waals surface area (Å²) >= 11 is 6.28. The second kappa shape index (κ2) is 11.7. The van der Waals surface area contributed by atoms with Crippen LogP contribution in [0.2, 0.25) is 5.02 Å². The highest BCUT2D eigenvalue weighted by Crippen LogP contribution is 2.45. The molecule has 36 heavy (non-hydrogen) atoms. The van der Waals surface area contributed by atoms with Crippen molar-refractivity contribution in [3.8, 4) is 23.0 Å². The summed E-state index contributed by atoms with van der Waals surface area (Å²) < 4.78 is 23.6. The molecule has 0 saturated heterocycles. The molecule has 1 heterocycles. The van der Waals surface area contributed by atoms with Crippen LogP contribution in [0.15, 0.2) is 60.7 Å². The third-order valence-corrected chi connectivity index (χ3v) is 6.40. The van der Waals surface area contributed by atoms with Crippen molar-refractivity contribution in [2.24, 2.45) is 5.92 Å². The third kappa shape index (κ3) is 6.33. The van der Waals surface area contributed by atoms with E-state index in [2.05, 4.69) is 50.2 Å². The molecule has 5 nitrogen and oxygen atoms in total. The lowest BCUT2D eigenvalue weighted by atomic mass is 9.90. The summed E-state index contributed by atoms with van der Waals surface area (Å²) in [5, 5.41) is 0.394. The number of fused-ring (bicyclic) bond motifs is 1. The minimum absolute atomic E-state index is 0.0700. The van der Waals surface area contributed by atoms with Gasteiger partial charge in [-0.1, -0.05) is 61.8 Å². The third-order valence-electron chi connectivity index (χ3n) is 6.11. The molecule has 0 N–H and O–H groups in total. The van der Waals surface area contributed by atoms with Crippen LogP contribution in [0.5, 0.6) is 23.0 Å². The quantitative estimate of drug-likeness (QED) is 0.214. The van der Waals surface area contributed by atoms with Crippen LogP contribution in [0.3, 0.4) is 0 Å². The standard InChI is InChI=1S/C30H33ClO5/c1-19(2)16-25-28(13-11-24-26(18-34-30(24)25)22-8-6-5-7-9-22)35-20(3)14-15-33-29-12-10-23(17-27(29)31)36-21(4)32/h5-13,17,19-20,26H,14-16,18H2,1-4H3. The number of ether oxygens (including phenoxy) is 4. The number of benzene rings is 3. The van der Waals surface area contributed by atoms with Gasteiger partial charge in [0, 0.05) is 36.5 Å². The normalized spacial score (nSPS) is 15.2. The van der Waals surface area contributed by atoms with Gasteiger partial charge in [0.2, 0.25) is 0 Å². The largest absolute Gasteiger partial charge is 0.492 e. The van der Waals surface area contributed by atoms with Crippen molar-refractivity contribution in [1.29, 1.82) is 0 Å². The summed E-state index contributed by atoms with van der Waals surface area (Å²) in [5.74, 6) is 3.08. The SMILES string of the molecule is CC(=O)Oc1ccc(OCCC(C)Oc2ccc3c(c2CC(C)C)OCC3c2ccccc2)c(Cl)c1.